The number of rotatable bonds is 5. The minimum Gasteiger partial charge on any atom is -0.481 e. The maximum atomic E-state index is 10.9. The van der Waals surface area contributed by atoms with Crippen molar-refractivity contribution in [2.24, 2.45) is 0 Å². The zero-order valence-electron chi connectivity index (χ0n) is 7.56. The first kappa shape index (κ1) is 12.2. The number of carbonyl (C=O) groups is 3. The molecule has 0 bridgehead atoms. The van der Waals surface area contributed by atoms with Crippen molar-refractivity contribution in [3.63, 3.8) is 0 Å². The van der Waals surface area contributed by atoms with E-state index in [-0.39, 0.29) is 0 Å². The van der Waals surface area contributed by atoms with E-state index in [0.717, 1.165) is 6.08 Å². The summed E-state index contributed by atoms with van der Waals surface area (Å²) < 4.78 is 0. The fourth-order valence-electron chi connectivity index (χ4n) is 0.746. The van der Waals surface area contributed by atoms with Gasteiger partial charge in [0.2, 0.25) is 5.91 Å². The van der Waals surface area contributed by atoms with Crippen LogP contribution in [0.3, 0.4) is 0 Å². The predicted octanol–water partition coefficient (Wildman–Crippen LogP) is -0.393. The molecule has 0 heterocycles. The zero-order valence-corrected chi connectivity index (χ0v) is 7.56. The highest BCUT2D eigenvalue weighted by Crippen LogP contribution is 1.92. The maximum Gasteiger partial charge on any atom is 0.326 e. The highest BCUT2D eigenvalue weighted by molar-refractivity contribution is 5.92. The molecule has 0 aromatic carbocycles. The average Bonchev–Trinajstić information content (AvgIpc) is 2.02. The molecule has 0 spiro atoms. The molecule has 0 aliphatic heterocycles. The van der Waals surface area contributed by atoms with Crippen LogP contribution in [0.5, 0.6) is 0 Å². The fourth-order valence-corrected chi connectivity index (χ4v) is 0.746. The lowest BCUT2D eigenvalue weighted by atomic mass is 10.2. The Hall–Kier alpha value is -1.85. The van der Waals surface area contributed by atoms with Gasteiger partial charge < -0.3 is 15.5 Å². The Balaban J connectivity index is 4.30. The van der Waals surface area contributed by atoms with E-state index < -0.39 is 30.3 Å². The molecule has 0 fully saturated rings. The highest BCUT2D eigenvalue weighted by Gasteiger charge is 2.21. The molecule has 0 aromatic heterocycles. The third-order valence-electron chi connectivity index (χ3n) is 1.31. The molecular weight excluding hydrogens is 190 g/mol. The van der Waals surface area contributed by atoms with Crippen LogP contribution in [0, 0.1) is 0 Å². The van der Waals surface area contributed by atoms with E-state index in [0.29, 0.717) is 0 Å². The SMILES string of the molecule is C/C=C/C(=O)N[C@H](CC(=O)O)C(=O)O. The molecule has 0 aliphatic carbocycles. The molecule has 0 aliphatic rings. The minimum absolute atomic E-state index is 0.624. The first-order chi connectivity index (χ1) is 6.47. The second-order valence-corrected chi connectivity index (χ2v) is 2.50. The van der Waals surface area contributed by atoms with Crippen LogP contribution >= 0.6 is 0 Å². The van der Waals surface area contributed by atoms with Gasteiger partial charge in [-0.1, -0.05) is 6.08 Å². The van der Waals surface area contributed by atoms with Crippen LogP contribution in [-0.4, -0.2) is 34.1 Å². The molecule has 0 rings (SSSR count). The first-order valence-corrected chi connectivity index (χ1v) is 3.85. The van der Waals surface area contributed by atoms with Gasteiger partial charge in [-0.3, -0.25) is 9.59 Å². The van der Waals surface area contributed by atoms with Gasteiger partial charge in [0, 0.05) is 0 Å². The van der Waals surface area contributed by atoms with E-state index in [1.807, 2.05) is 5.32 Å². The lowest BCUT2D eigenvalue weighted by molar-refractivity contribution is -0.146. The van der Waals surface area contributed by atoms with E-state index in [2.05, 4.69) is 0 Å². The van der Waals surface area contributed by atoms with Crippen LogP contribution in [0.1, 0.15) is 13.3 Å². The Kier molecular flexibility index (Phi) is 4.98. The van der Waals surface area contributed by atoms with Crippen molar-refractivity contribution in [1.29, 1.82) is 0 Å². The summed E-state index contributed by atoms with van der Waals surface area (Å²) in [6.45, 7) is 1.59. The van der Waals surface area contributed by atoms with E-state index in [1.165, 1.54) is 6.08 Å². The van der Waals surface area contributed by atoms with E-state index in [4.69, 9.17) is 10.2 Å². The number of carboxylic acids is 2. The third kappa shape index (κ3) is 4.91. The van der Waals surface area contributed by atoms with Gasteiger partial charge in [-0.15, -0.1) is 0 Å². The quantitative estimate of drug-likeness (QED) is 0.525. The Morgan fingerprint density at radius 2 is 1.93 bits per heavy atom. The largest absolute Gasteiger partial charge is 0.481 e. The Morgan fingerprint density at radius 1 is 1.36 bits per heavy atom. The molecule has 78 valence electrons. The van der Waals surface area contributed by atoms with E-state index in [1.54, 1.807) is 6.92 Å². The number of nitrogens with one attached hydrogen (secondary N) is 1. The summed E-state index contributed by atoms with van der Waals surface area (Å²) in [6, 6.07) is -1.39. The number of hydrogen-bond donors (Lipinski definition) is 3. The standard InChI is InChI=1S/C8H11NO5/c1-2-3-6(10)9-5(8(13)14)4-7(11)12/h2-3,5H,4H2,1H3,(H,9,10)(H,11,12)(H,13,14)/b3-2+/t5-/m1/s1. The van der Waals surface area contributed by atoms with Crippen molar-refractivity contribution in [3.8, 4) is 0 Å². The van der Waals surface area contributed by atoms with Gasteiger partial charge in [-0.25, -0.2) is 4.79 Å². The van der Waals surface area contributed by atoms with Gasteiger partial charge in [0.05, 0.1) is 6.42 Å². The molecule has 3 N–H and O–H groups in total. The number of allylic oxidation sites excluding steroid dienone is 1. The summed E-state index contributed by atoms with van der Waals surface area (Å²) in [5.74, 6) is -3.27. The molecular formula is C8H11NO5. The molecule has 0 saturated carbocycles. The Labute approximate surface area is 80.2 Å². The smallest absolute Gasteiger partial charge is 0.326 e. The number of amides is 1. The van der Waals surface area contributed by atoms with Crippen molar-refractivity contribution >= 4 is 17.8 Å². The summed E-state index contributed by atoms with van der Waals surface area (Å²) in [7, 11) is 0. The maximum absolute atomic E-state index is 10.9. The molecule has 0 unspecified atom stereocenters. The molecule has 6 nitrogen and oxygen atoms in total. The van der Waals surface area contributed by atoms with Gasteiger partial charge >= 0.3 is 11.9 Å². The summed E-state index contributed by atoms with van der Waals surface area (Å²) in [4.78, 5) is 31.6. The average molecular weight is 201 g/mol. The van der Waals surface area contributed by atoms with Gasteiger partial charge in [0.15, 0.2) is 0 Å². The Morgan fingerprint density at radius 3 is 2.29 bits per heavy atom. The molecule has 1 atom stereocenters. The van der Waals surface area contributed by atoms with Crippen LogP contribution in [0.25, 0.3) is 0 Å². The van der Waals surface area contributed by atoms with Crippen LogP contribution in [0.15, 0.2) is 12.2 Å². The summed E-state index contributed by atoms with van der Waals surface area (Å²) in [5, 5.41) is 18.9. The predicted molar refractivity (Wildman–Crippen MR) is 46.6 cm³/mol. The molecule has 6 heteroatoms. The summed E-state index contributed by atoms with van der Waals surface area (Å²) in [5.41, 5.74) is 0. The molecule has 0 saturated heterocycles. The number of hydrogen-bond acceptors (Lipinski definition) is 3. The van der Waals surface area contributed by atoms with Crippen LogP contribution < -0.4 is 5.32 Å². The molecule has 14 heavy (non-hydrogen) atoms. The van der Waals surface area contributed by atoms with E-state index in [9.17, 15) is 14.4 Å². The minimum atomic E-state index is -1.39. The highest BCUT2D eigenvalue weighted by atomic mass is 16.4. The second kappa shape index (κ2) is 5.74. The topological polar surface area (TPSA) is 104 Å². The number of aliphatic carboxylic acids is 2. The van der Waals surface area contributed by atoms with Crippen LogP contribution in [0.2, 0.25) is 0 Å². The molecule has 0 aromatic rings. The number of carboxylic acid groups (broad SMARTS) is 2. The van der Waals surface area contributed by atoms with Crippen molar-refractivity contribution in [2.45, 2.75) is 19.4 Å². The van der Waals surface area contributed by atoms with Crippen molar-refractivity contribution in [2.75, 3.05) is 0 Å². The molecule has 1 amide bonds. The first-order valence-electron chi connectivity index (χ1n) is 3.85. The van der Waals surface area contributed by atoms with Crippen molar-refractivity contribution < 1.29 is 24.6 Å². The van der Waals surface area contributed by atoms with Crippen LogP contribution in [-0.2, 0) is 14.4 Å². The van der Waals surface area contributed by atoms with Gasteiger partial charge in [0.25, 0.3) is 0 Å². The monoisotopic (exact) mass is 201 g/mol. The summed E-state index contributed by atoms with van der Waals surface area (Å²) in [6.07, 6.45) is 1.91. The summed E-state index contributed by atoms with van der Waals surface area (Å²) >= 11 is 0. The second-order valence-electron chi connectivity index (χ2n) is 2.50. The lowest BCUT2D eigenvalue weighted by Gasteiger charge is -2.09. The Bertz CT molecular complexity index is 271. The van der Waals surface area contributed by atoms with E-state index >= 15 is 0 Å². The third-order valence-corrected chi connectivity index (χ3v) is 1.31. The zero-order chi connectivity index (χ0) is 11.1. The van der Waals surface area contributed by atoms with Gasteiger partial charge in [-0.2, -0.15) is 0 Å². The van der Waals surface area contributed by atoms with Crippen molar-refractivity contribution in [1.82, 2.24) is 5.32 Å². The van der Waals surface area contributed by atoms with Gasteiger partial charge in [-0.05, 0) is 13.0 Å². The lowest BCUT2D eigenvalue weighted by Crippen LogP contribution is -2.41. The van der Waals surface area contributed by atoms with Crippen LogP contribution in [0.4, 0.5) is 0 Å². The normalized spacial score (nSPS) is 12.4. The fraction of sp³-hybridized carbons (Fsp3) is 0.375. The van der Waals surface area contributed by atoms with Gasteiger partial charge in [0.1, 0.15) is 6.04 Å². The molecule has 0 radical (unpaired) electrons. The number of carbonyl (C=O) groups excluding carboxylic acids is 1. The van der Waals surface area contributed by atoms with Crippen molar-refractivity contribution in [3.05, 3.63) is 12.2 Å².